The van der Waals surface area contributed by atoms with Crippen molar-refractivity contribution in [3.8, 4) is 11.5 Å². The van der Waals surface area contributed by atoms with Crippen molar-refractivity contribution in [1.82, 2.24) is 9.88 Å². The van der Waals surface area contributed by atoms with E-state index in [-0.39, 0.29) is 11.7 Å². The molecule has 4 rings (SSSR count). The van der Waals surface area contributed by atoms with Gasteiger partial charge in [0.05, 0.1) is 12.2 Å². The van der Waals surface area contributed by atoms with Crippen molar-refractivity contribution >= 4 is 22.5 Å². The highest BCUT2D eigenvalue weighted by atomic mass is 16.5. The normalized spacial score (nSPS) is 14.4. The monoisotopic (exact) mass is 395 g/mol. The number of nitrogens with zero attached hydrogens (tertiary/aromatic N) is 2. The lowest BCUT2D eigenvalue weighted by Gasteiger charge is -2.36. The van der Waals surface area contributed by atoms with Crippen LogP contribution in [0, 0.1) is 0 Å². The minimum absolute atomic E-state index is 0.0237. The summed E-state index contributed by atoms with van der Waals surface area (Å²) in [6.45, 7) is 3.79. The van der Waals surface area contributed by atoms with Gasteiger partial charge in [0.2, 0.25) is 0 Å². The number of anilines is 1. The summed E-state index contributed by atoms with van der Waals surface area (Å²) in [6.07, 6.45) is 1.78. The number of carbonyl (C=O) groups excluding carboxylic acids is 1. The van der Waals surface area contributed by atoms with Crippen LogP contribution in [0.15, 0.2) is 48.7 Å². The Balaban J connectivity index is 1.45. The second kappa shape index (κ2) is 8.45. The smallest absolute Gasteiger partial charge is 0.256 e. The van der Waals surface area contributed by atoms with Crippen LogP contribution in [0.2, 0.25) is 0 Å². The fourth-order valence-corrected chi connectivity index (χ4v) is 3.61. The lowest BCUT2D eigenvalue weighted by molar-refractivity contribution is 0.0749. The number of piperazine rings is 1. The fraction of sp³-hybridized carbons (Fsp3) is 0.318. The Morgan fingerprint density at radius 1 is 1.07 bits per heavy atom. The summed E-state index contributed by atoms with van der Waals surface area (Å²) >= 11 is 0. The Labute approximate surface area is 169 Å². The molecule has 0 saturated carbocycles. The molecule has 1 aliphatic rings. The molecule has 2 heterocycles. The van der Waals surface area contributed by atoms with E-state index >= 15 is 0 Å². The molecule has 0 atom stereocenters. The van der Waals surface area contributed by atoms with E-state index in [1.165, 1.54) is 0 Å². The van der Waals surface area contributed by atoms with E-state index in [2.05, 4.69) is 9.88 Å². The molecule has 152 valence electrons. The number of carbonyl (C=O) groups is 1. The molecule has 1 amide bonds. The zero-order valence-electron chi connectivity index (χ0n) is 16.4. The Hall–Kier alpha value is -3.19. The summed E-state index contributed by atoms with van der Waals surface area (Å²) < 4.78 is 10.7. The molecule has 3 aromatic rings. The number of ether oxygens (including phenoxy) is 2. The molecule has 1 saturated heterocycles. The average molecular weight is 395 g/mol. The molecule has 1 aromatic heterocycles. The van der Waals surface area contributed by atoms with Gasteiger partial charge in [0.15, 0.2) is 0 Å². The van der Waals surface area contributed by atoms with Gasteiger partial charge in [-0.1, -0.05) is 0 Å². The van der Waals surface area contributed by atoms with Gasteiger partial charge in [-0.25, -0.2) is 0 Å². The summed E-state index contributed by atoms with van der Waals surface area (Å²) in [6, 6.07) is 12.9. The third-order valence-corrected chi connectivity index (χ3v) is 5.22. The van der Waals surface area contributed by atoms with Crippen LogP contribution in [0.3, 0.4) is 0 Å². The van der Waals surface area contributed by atoms with Crippen LogP contribution in [0.4, 0.5) is 5.69 Å². The summed E-state index contributed by atoms with van der Waals surface area (Å²) in [5.41, 5.74) is 2.63. The van der Waals surface area contributed by atoms with Crippen LogP contribution in [-0.4, -0.2) is 67.4 Å². The van der Waals surface area contributed by atoms with Crippen LogP contribution in [0.5, 0.6) is 11.5 Å². The van der Waals surface area contributed by atoms with Crippen LogP contribution in [-0.2, 0) is 4.74 Å². The van der Waals surface area contributed by atoms with Gasteiger partial charge in [0.1, 0.15) is 18.1 Å². The van der Waals surface area contributed by atoms with E-state index in [1.54, 1.807) is 25.4 Å². The maximum absolute atomic E-state index is 13.1. The number of methoxy groups -OCH3 is 1. The highest BCUT2D eigenvalue weighted by Crippen LogP contribution is 2.26. The topological polar surface area (TPSA) is 78.0 Å². The van der Waals surface area contributed by atoms with Crippen LogP contribution in [0.25, 0.3) is 10.9 Å². The number of aromatic amines is 1. The Kier molecular flexibility index (Phi) is 5.57. The molecule has 29 heavy (non-hydrogen) atoms. The first kappa shape index (κ1) is 19.1. The van der Waals surface area contributed by atoms with E-state index < -0.39 is 0 Å². The number of H-pyrrole nitrogens is 1. The predicted octanol–water partition coefficient (Wildman–Crippen LogP) is 2.86. The van der Waals surface area contributed by atoms with Gasteiger partial charge in [-0.3, -0.25) is 4.79 Å². The van der Waals surface area contributed by atoms with Crippen molar-refractivity contribution in [2.45, 2.75) is 0 Å². The van der Waals surface area contributed by atoms with Gasteiger partial charge in [0.25, 0.3) is 5.91 Å². The Bertz CT molecular complexity index is 975. The molecule has 0 radical (unpaired) electrons. The number of aromatic nitrogens is 1. The van der Waals surface area contributed by atoms with Gasteiger partial charge >= 0.3 is 0 Å². The van der Waals surface area contributed by atoms with Crippen molar-refractivity contribution in [2.24, 2.45) is 0 Å². The molecule has 2 aromatic carbocycles. The zero-order chi connectivity index (χ0) is 20.2. The van der Waals surface area contributed by atoms with Gasteiger partial charge in [0, 0.05) is 56.1 Å². The standard InChI is InChI=1S/C22H25N3O4/c1-28-12-13-29-18-6-7-21-19(14-18)20(15-23-21)22(27)25-10-8-24(9-11-25)16-2-4-17(26)5-3-16/h2-7,14-15,23,26H,8-13H2,1H3. The molecule has 0 spiro atoms. The molecular formula is C22H25N3O4. The lowest BCUT2D eigenvalue weighted by Crippen LogP contribution is -2.48. The number of benzene rings is 2. The van der Waals surface area contributed by atoms with E-state index in [9.17, 15) is 9.90 Å². The van der Waals surface area contributed by atoms with E-state index in [0.29, 0.717) is 31.9 Å². The summed E-state index contributed by atoms with van der Waals surface area (Å²) in [5, 5.41) is 10.3. The molecule has 7 heteroatoms. The third-order valence-electron chi connectivity index (χ3n) is 5.22. The largest absolute Gasteiger partial charge is 0.508 e. The lowest BCUT2D eigenvalue weighted by atomic mass is 10.1. The van der Waals surface area contributed by atoms with Crippen molar-refractivity contribution in [3.05, 3.63) is 54.2 Å². The van der Waals surface area contributed by atoms with Crippen molar-refractivity contribution < 1.29 is 19.4 Å². The first-order chi connectivity index (χ1) is 14.2. The van der Waals surface area contributed by atoms with Crippen molar-refractivity contribution in [3.63, 3.8) is 0 Å². The molecular weight excluding hydrogens is 370 g/mol. The highest BCUT2D eigenvalue weighted by molar-refractivity contribution is 6.07. The third kappa shape index (κ3) is 4.14. The molecule has 0 unspecified atom stereocenters. The number of amides is 1. The van der Waals surface area contributed by atoms with Gasteiger partial charge in [-0.05, 0) is 42.5 Å². The minimum Gasteiger partial charge on any atom is -0.508 e. The van der Waals surface area contributed by atoms with Crippen molar-refractivity contribution in [2.75, 3.05) is 51.4 Å². The number of hydrogen-bond donors (Lipinski definition) is 2. The maximum Gasteiger partial charge on any atom is 0.256 e. The van der Waals surface area contributed by atoms with Crippen LogP contribution >= 0.6 is 0 Å². The quantitative estimate of drug-likeness (QED) is 0.628. The Morgan fingerprint density at radius 3 is 2.55 bits per heavy atom. The van der Waals surface area contributed by atoms with E-state index in [1.807, 2.05) is 35.2 Å². The molecule has 0 aliphatic carbocycles. The zero-order valence-corrected chi connectivity index (χ0v) is 16.4. The number of phenols is 1. The van der Waals surface area contributed by atoms with Crippen molar-refractivity contribution in [1.29, 1.82) is 0 Å². The van der Waals surface area contributed by atoms with Crippen LogP contribution < -0.4 is 9.64 Å². The van der Waals surface area contributed by atoms with Crippen LogP contribution in [0.1, 0.15) is 10.4 Å². The number of rotatable bonds is 6. The first-order valence-electron chi connectivity index (χ1n) is 9.72. The molecule has 0 bridgehead atoms. The summed E-state index contributed by atoms with van der Waals surface area (Å²) in [4.78, 5) is 20.4. The van der Waals surface area contributed by atoms with Gasteiger partial charge < -0.3 is 29.4 Å². The number of fused-ring (bicyclic) bond motifs is 1. The minimum atomic E-state index is 0.0237. The maximum atomic E-state index is 13.1. The fourth-order valence-electron chi connectivity index (χ4n) is 3.61. The second-order valence-electron chi connectivity index (χ2n) is 7.05. The first-order valence-corrected chi connectivity index (χ1v) is 9.72. The molecule has 7 nitrogen and oxygen atoms in total. The van der Waals surface area contributed by atoms with Gasteiger partial charge in [-0.15, -0.1) is 0 Å². The summed E-state index contributed by atoms with van der Waals surface area (Å²) in [7, 11) is 1.64. The second-order valence-corrected chi connectivity index (χ2v) is 7.05. The van der Waals surface area contributed by atoms with Gasteiger partial charge in [-0.2, -0.15) is 0 Å². The molecule has 2 N–H and O–H groups in total. The molecule has 1 fully saturated rings. The van der Waals surface area contributed by atoms with E-state index in [0.717, 1.165) is 35.4 Å². The molecule has 1 aliphatic heterocycles. The summed E-state index contributed by atoms with van der Waals surface area (Å²) in [5.74, 6) is 1.00. The predicted molar refractivity (Wildman–Crippen MR) is 112 cm³/mol. The highest BCUT2D eigenvalue weighted by Gasteiger charge is 2.24. The van der Waals surface area contributed by atoms with E-state index in [4.69, 9.17) is 9.47 Å². The number of hydrogen-bond acceptors (Lipinski definition) is 5. The Morgan fingerprint density at radius 2 is 1.83 bits per heavy atom. The SMILES string of the molecule is COCCOc1ccc2[nH]cc(C(=O)N3CCN(c4ccc(O)cc4)CC3)c2c1. The number of nitrogens with one attached hydrogen (secondary N) is 1. The number of phenolic OH excluding ortho intramolecular Hbond substituents is 1. The number of aromatic hydroxyl groups is 1. The average Bonchev–Trinajstić information content (AvgIpc) is 3.17.